The van der Waals surface area contributed by atoms with Crippen LogP contribution in [0, 0.1) is 5.92 Å². The first kappa shape index (κ1) is 36.6. The van der Waals surface area contributed by atoms with Gasteiger partial charge in [0.25, 0.3) is 5.91 Å². The van der Waals surface area contributed by atoms with E-state index in [1.54, 1.807) is 24.4 Å². The molecule has 2 saturated heterocycles. The van der Waals surface area contributed by atoms with E-state index in [0.717, 1.165) is 10.9 Å². The maximum atomic E-state index is 13.9. The van der Waals surface area contributed by atoms with Gasteiger partial charge in [-0.2, -0.15) is 13.2 Å². The molecule has 3 aliphatic rings. The van der Waals surface area contributed by atoms with Gasteiger partial charge in [0.1, 0.15) is 5.75 Å². The number of aromatic nitrogens is 1. The predicted molar refractivity (Wildman–Crippen MR) is 185 cm³/mol. The molecule has 6 rings (SSSR count). The first-order chi connectivity index (χ1) is 24.4. The minimum Gasteiger partial charge on any atom is -0.495 e. The van der Waals surface area contributed by atoms with Crippen LogP contribution in [0.4, 0.5) is 18.9 Å². The van der Waals surface area contributed by atoms with Gasteiger partial charge in [0, 0.05) is 62.9 Å². The smallest absolute Gasteiger partial charge is 0.401 e. The van der Waals surface area contributed by atoms with E-state index in [1.165, 1.54) is 12.0 Å². The maximum Gasteiger partial charge on any atom is 0.401 e. The molecule has 2 atom stereocenters. The summed E-state index contributed by atoms with van der Waals surface area (Å²) in [5, 5.41) is 13.1. The Balaban J connectivity index is 1.12. The number of ether oxygens (including phenoxy) is 2. The number of halogens is 3. The van der Waals surface area contributed by atoms with Crippen molar-refractivity contribution in [2.75, 3.05) is 58.3 Å². The largest absolute Gasteiger partial charge is 0.495 e. The molecule has 0 bridgehead atoms. The third-order valence-electron chi connectivity index (χ3n) is 10.6. The molecule has 2 aromatic carbocycles. The van der Waals surface area contributed by atoms with Crippen molar-refractivity contribution in [2.24, 2.45) is 13.0 Å². The molecule has 0 unspecified atom stereocenters. The number of hydrogen-bond donors (Lipinski definition) is 2. The number of fused-ring (bicyclic) bond motifs is 1. The third kappa shape index (κ3) is 8.85. The predicted octanol–water partition coefficient (Wildman–Crippen LogP) is 4.79. The van der Waals surface area contributed by atoms with Crippen LogP contribution in [-0.4, -0.2) is 120 Å². The summed E-state index contributed by atoms with van der Waals surface area (Å²) in [6, 6.07) is 12.7. The summed E-state index contributed by atoms with van der Waals surface area (Å²) in [5.74, 6) is -1.11. The number of carboxylic acids is 1. The van der Waals surface area contributed by atoms with Crippen LogP contribution in [0.25, 0.3) is 10.9 Å². The van der Waals surface area contributed by atoms with Crippen LogP contribution in [0.1, 0.15) is 48.0 Å². The topological polar surface area (TPSA) is 117 Å². The van der Waals surface area contributed by atoms with Crippen molar-refractivity contribution in [1.29, 1.82) is 0 Å². The Hall–Kier alpha value is -4.14. The fourth-order valence-corrected chi connectivity index (χ4v) is 7.82. The number of carboxylic acid groups (broad SMARTS) is 1. The number of alkyl halides is 3. The summed E-state index contributed by atoms with van der Waals surface area (Å²) >= 11 is 0. The molecular formula is C37H46F3N5O6. The number of carbonyl (C=O) groups is 3. The summed E-state index contributed by atoms with van der Waals surface area (Å²) in [6.45, 7) is 1.40. The quantitative estimate of drug-likeness (QED) is 0.292. The van der Waals surface area contributed by atoms with Crippen molar-refractivity contribution in [2.45, 2.75) is 62.9 Å². The Morgan fingerprint density at radius 3 is 2.41 bits per heavy atom. The van der Waals surface area contributed by atoms with E-state index in [9.17, 15) is 32.7 Å². The van der Waals surface area contributed by atoms with Gasteiger partial charge in [-0.1, -0.05) is 24.3 Å². The van der Waals surface area contributed by atoms with E-state index in [0.29, 0.717) is 94.0 Å². The average Bonchev–Trinajstić information content (AvgIpc) is 3.69. The Kier molecular flexibility index (Phi) is 11.2. The number of hydrogen-bond acceptors (Lipinski definition) is 7. The van der Waals surface area contributed by atoms with Crippen LogP contribution in [0.2, 0.25) is 0 Å². The number of nitrogens with one attached hydrogen (secondary N) is 1. The number of carbonyl (C=O) groups excluding carboxylic acids is 2. The first-order valence-electron chi connectivity index (χ1n) is 17.6. The average molecular weight is 714 g/mol. The second kappa shape index (κ2) is 15.6. The highest BCUT2D eigenvalue weighted by molar-refractivity contribution is 6.13. The second-order valence-electron chi connectivity index (χ2n) is 14.0. The SMILES string of the molecule is COc1cc(CC(=O)N2C[C@@H](N3CCN(CC(F)(F)F)CC3)C[C@H]2CO[C@H]2CC[C@H](C(=O)O)CC2)ccc1NC(=O)c1cn(C)c2ccccc12. The molecule has 3 fully saturated rings. The number of nitrogens with zero attached hydrogens (tertiary/aromatic N) is 4. The van der Waals surface area contributed by atoms with E-state index in [-0.39, 0.29) is 42.3 Å². The van der Waals surface area contributed by atoms with Crippen LogP contribution in [-0.2, 0) is 27.8 Å². The molecule has 2 amide bonds. The summed E-state index contributed by atoms with van der Waals surface area (Å²) in [4.78, 5) is 44.1. The number of rotatable bonds is 11. The number of aryl methyl sites for hydroxylation is 1. The van der Waals surface area contributed by atoms with Gasteiger partial charge in [-0.25, -0.2) is 0 Å². The van der Waals surface area contributed by atoms with Gasteiger partial charge in [-0.3, -0.25) is 24.2 Å². The van der Waals surface area contributed by atoms with Gasteiger partial charge in [0.15, 0.2) is 0 Å². The van der Waals surface area contributed by atoms with Gasteiger partial charge in [0.2, 0.25) is 5.91 Å². The van der Waals surface area contributed by atoms with Crippen molar-refractivity contribution in [1.82, 2.24) is 19.3 Å². The highest BCUT2D eigenvalue weighted by Crippen LogP contribution is 2.32. The van der Waals surface area contributed by atoms with Crippen molar-refractivity contribution >= 4 is 34.4 Å². The summed E-state index contributed by atoms with van der Waals surface area (Å²) < 4.78 is 52.8. The van der Waals surface area contributed by atoms with E-state index in [1.807, 2.05) is 40.8 Å². The number of para-hydroxylation sites is 1. The van der Waals surface area contributed by atoms with Crippen molar-refractivity contribution < 1.29 is 42.1 Å². The molecular weight excluding hydrogens is 667 g/mol. The molecule has 3 aromatic rings. The minimum absolute atomic E-state index is 0.0143. The highest BCUT2D eigenvalue weighted by Gasteiger charge is 2.40. The molecule has 11 nitrogen and oxygen atoms in total. The zero-order valence-corrected chi connectivity index (χ0v) is 29.0. The van der Waals surface area contributed by atoms with E-state index >= 15 is 0 Å². The third-order valence-corrected chi connectivity index (χ3v) is 10.6. The standard InChI is InChI=1S/C37H46F3N5O6/c1-42-21-30(29-5-3-4-6-32(29)42)35(47)41-31-12-7-24(17-33(31)50-2)18-34(46)45-20-26(44-15-13-43(14-16-44)23-37(38,39)40)19-27(45)22-51-28-10-8-25(9-11-28)36(48)49/h3-7,12,17,21,25-28H,8-11,13-16,18-20,22-23H2,1-2H3,(H,41,47)(H,48,49)/t25-,26-,27-,28-/m0/s1. The van der Waals surface area contributed by atoms with Crippen molar-refractivity contribution in [3.05, 3.63) is 59.8 Å². The molecule has 1 aromatic heterocycles. The van der Waals surface area contributed by atoms with Gasteiger partial charge >= 0.3 is 12.1 Å². The van der Waals surface area contributed by atoms with Gasteiger partial charge < -0.3 is 29.4 Å². The van der Waals surface area contributed by atoms with Crippen LogP contribution >= 0.6 is 0 Å². The van der Waals surface area contributed by atoms with Gasteiger partial charge in [0.05, 0.1) is 56.0 Å². The summed E-state index contributed by atoms with van der Waals surface area (Å²) in [6.07, 6.45) is 0.579. The lowest BCUT2D eigenvalue weighted by atomic mass is 9.87. The molecule has 2 aliphatic heterocycles. The Labute approximate surface area is 295 Å². The zero-order chi connectivity index (χ0) is 36.3. The van der Waals surface area contributed by atoms with Crippen molar-refractivity contribution in [3.8, 4) is 5.75 Å². The van der Waals surface area contributed by atoms with Gasteiger partial charge in [-0.15, -0.1) is 0 Å². The molecule has 2 N–H and O–H groups in total. The minimum atomic E-state index is -4.24. The number of amides is 2. The zero-order valence-electron chi connectivity index (χ0n) is 29.0. The fourth-order valence-electron chi connectivity index (χ4n) is 7.82. The van der Waals surface area contributed by atoms with Crippen LogP contribution in [0.5, 0.6) is 5.75 Å². The Bertz CT molecular complexity index is 1710. The molecule has 14 heteroatoms. The monoisotopic (exact) mass is 713 g/mol. The molecule has 0 spiro atoms. The molecule has 0 radical (unpaired) electrons. The Morgan fingerprint density at radius 1 is 1.00 bits per heavy atom. The number of piperazine rings is 1. The highest BCUT2D eigenvalue weighted by atomic mass is 19.4. The lowest BCUT2D eigenvalue weighted by Crippen LogP contribution is -2.52. The second-order valence-corrected chi connectivity index (χ2v) is 14.0. The number of methoxy groups -OCH3 is 1. The van der Waals surface area contributed by atoms with Crippen LogP contribution in [0.15, 0.2) is 48.7 Å². The van der Waals surface area contributed by atoms with E-state index in [4.69, 9.17) is 9.47 Å². The normalized spacial score (nSPS) is 23.4. The summed E-state index contributed by atoms with van der Waals surface area (Å²) in [7, 11) is 3.39. The molecule has 1 saturated carbocycles. The fraction of sp³-hybridized carbons (Fsp3) is 0.541. The van der Waals surface area contributed by atoms with Crippen LogP contribution < -0.4 is 10.1 Å². The lowest BCUT2D eigenvalue weighted by Gasteiger charge is -2.38. The molecule has 3 heterocycles. The number of anilines is 1. The lowest BCUT2D eigenvalue weighted by molar-refractivity contribution is -0.150. The number of likely N-dealkylation sites (tertiary alicyclic amines) is 1. The van der Waals surface area contributed by atoms with E-state index in [2.05, 4.69) is 10.2 Å². The molecule has 1 aliphatic carbocycles. The number of benzene rings is 2. The molecule has 276 valence electrons. The maximum absolute atomic E-state index is 13.9. The number of aliphatic carboxylic acids is 1. The van der Waals surface area contributed by atoms with Crippen LogP contribution in [0.3, 0.4) is 0 Å². The summed E-state index contributed by atoms with van der Waals surface area (Å²) in [5.41, 5.74) is 2.64. The van der Waals surface area contributed by atoms with Crippen molar-refractivity contribution in [3.63, 3.8) is 0 Å². The van der Waals surface area contributed by atoms with Gasteiger partial charge in [-0.05, 0) is 55.9 Å². The molecule has 51 heavy (non-hydrogen) atoms. The van der Waals surface area contributed by atoms with E-state index < -0.39 is 18.7 Å². The first-order valence-corrected chi connectivity index (χ1v) is 17.6. The Morgan fingerprint density at radius 2 is 1.73 bits per heavy atom.